The van der Waals surface area contributed by atoms with Gasteiger partial charge in [0, 0.05) is 27.2 Å². The SMILES string of the molecule is COCC(NCc1ccccc1)C(=O)N(C)Cc1ccccc1. The molecule has 0 bridgehead atoms. The second-order valence-corrected chi connectivity index (χ2v) is 5.55. The minimum atomic E-state index is -0.353. The highest BCUT2D eigenvalue weighted by molar-refractivity contribution is 5.81. The molecular weight excluding hydrogens is 288 g/mol. The van der Waals surface area contributed by atoms with Crippen molar-refractivity contribution in [3.63, 3.8) is 0 Å². The molecule has 0 saturated heterocycles. The van der Waals surface area contributed by atoms with Crippen molar-refractivity contribution in [3.8, 4) is 0 Å². The average molecular weight is 312 g/mol. The van der Waals surface area contributed by atoms with E-state index >= 15 is 0 Å². The van der Waals surface area contributed by atoms with Crippen LogP contribution in [0, 0.1) is 0 Å². The number of likely N-dealkylation sites (N-methyl/N-ethyl adjacent to an activating group) is 1. The van der Waals surface area contributed by atoms with Crippen molar-refractivity contribution in [1.29, 1.82) is 0 Å². The zero-order chi connectivity index (χ0) is 16.5. The summed E-state index contributed by atoms with van der Waals surface area (Å²) in [6, 6.07) is 19.7. The van der Waals surface area contributed by atoms with E-state index in [1.54, 1.807) is 12.0 Å². The van der Waals surface area contributed by atoms with Crippen molar-refractivity contribution in [2.75, 3.05) is 20.8 Å². The third-order valence-electron chi connectivity index (χ3n) is 3.67. The van der Waals surface area contributed by atoms with E-state index in [1.807, 2.05) is 67.7 Å². The maximum Gasteiger partial charge on any atom is 0.242 e. The van der Waals surface area contributed by atoms with Crippen LogP contribution in [-0.4, -0.2) is 37.6 Å². The number of methoxy groups -OCH3 is 1. The van der Waals surface area contributed by atoms with Crippen LogP contribution in [0.3, 0.4) is 0 Å². The average Bonchev–Trinajstić information content (AvgIpc) is 2.59. The van der Waals surface area contributed by atoms with Gasteiger partial charge >= 0.3 is 0 Å². The molecule has 2 aromatic rings. The van der Waals surface area contributed by atoms with Gasteiger partial charge in [0.15, 0.2) is 0 Å². The fourth-order valence-corrected chi connectivity index (χ4v) is 2.42. The summed E-state index contributed by atoms with van der Waals surface area (Å²) in [5.74, 6) is 0.0339. The molecule has 4 nitrogen and oxygen atoms in total. The molecule has 0 aromatic heterocycles. The van der Waals surface area contributed by atoms with E-state index in [1.165, 1.54) is 0 Å². The van der Waals surface area contributed by atoms with Crippen molar-refractivity contribution in [1.82, 2.24) is 10.2 Å². The summed E-state index contributed by atoms with van der Waals surface area (Å²) < 4.78 is 5.20. The third-order valence-corrected chi connectivity index (χ3v) is 3.67. The van der Waals surface area contributed by atoms with Gasteiger partial charge in [0.1, 0.15) is 6.04 Å². The van der Waals surface area contributed by atoms with E-state index in [4.69, 9.17) is 4.74 Å². The Kier molecular flexibility index (Phi) is 6.78. The molecule has 0 heterocycles. The van der Waals surface area contributed by atoms with Gasteiger partial charge in [-0.2, -0.15) is 0 Å². The number of benzene rings is 2. The Morgan fingerprint density at radius 3 is 2.17 bits per heavy atom. The van der Waals surface area contributed by atoms with Crippen LogP contribution in [-0.2, 0) is 22.6 Å². The first-order chi connectivity index (χ1) is 11.2. The van der Waals surface area contributed by atoms with E-state index in [0.29, 0.717) is 19.7 Å². The van der Waals surface area contributed by atoms with Crippen molar-refractivity contribution >= 4 is 5.91 Å². The Labute approximate surface area is 138 Å². The number of carbonyl (C=O) groups excluding carboxylic acids is 1. The first kappa shape index (κ1) is 17.2. The number of ether oxygens (including phenoxy) is 1. The molecule has 0 aliphatic rings. The molecule has 2 aromatic carbocycles. The highest BCUT2D eigenvalue weighted by Crippen LogP contribution is 2.06. The summed E-state index contributed by atoms with van der Waals surface area (Å²) in [7, 11) is 3.43. The van der Waals surface area contributed by atoms with Crippen LogP contribution in [0.2, 0.25) is 0 Å². The normalized spacial score (nSPS) is 11.9. The van der Waals surface area contributed by atoms with Gasteiger partial charge in [0.2, 0.25) is 5.91 Å². The molecule has 0 fully saturated rings. The minimum Gasteiger partial charge on any atom is -0.383 e. The molecule has 23 heavy (non-hydrogen) atoms. The van der Waals surface area contributed by atoms with Crippen molar-refractivity contribution in [3.05, 3.63) is 71.8 Å². The number of nitrogens with one attached hydrogen (secondary N) is 1. The quantitative estimate of drug-likeness (QED) is 0.814. The van der Waals surface area contributed by atoms with Gasteiger partial charge in [0.25, 0.3) is 0 Å². The molecule has 1 amide bonds. The Bertz CT molecular complexity index is 587. The van der Waals surface area contributed by atoms with Crippen LogP contribution in [0.25, 0.3) is 0 Å². The van der Waals surface area contributed by atoms with E-state index < -0.39 is 0 Å². The number of nitrogens with zero attached hydrogens (tertiary/aromatic N) is 1. The fourth-order valence-electron chi connectivity index (χ4n) is 2.42. The molecule has 4 heteroatoms. The standard InChI is InChI=1S/C19H24N2O2/c1-21(14-17-11-7-4-8-12-17)19(22)18(15-23-2)20-13-16-9-5-3-6-10-16/h3-12,18,20H,13-15H2,1-2H3. The van der Waals surface area contributed by atoms with Gasteiger partial charge in [-0.25, -0.2) is 0 Å². The van der Waals surface area contributed by atoms with Gasteiger partial charge in [-0.15, -0.1) is 0 Å². The Hall–Kier alpha value is -2.17. The summed E-state index contributed by atoms with van der Waals surface area (Å²) in [4.78, 5) is 14.4. The number of rotatable bonds is 8. The second-order valence-electron chi connectivity index (χ2n) is 5.55. The van der Waals surface area contributed by atoms with Gasteiger partial charge in [-0.05, 0) is 11.1 Å². The van der Waals surface area contributed by atoms with Crippen molar-refractivity contribution in [2.45, 2.75) is 19.1 Å². The molecule has 122 valence electrons. The van der Waals surface area contributed by atoms with Crippen LogP contribution in [0.4, 0.5) is 0 Å². The summed E-state index contributed by atoms with van der Waals surface area (Å²) in [5.41, 5.74) is 2.26. The molecule has 1 atom stereocenters. The van der Waals surface area contributed by atoms with Crippen LogP contribution >= 0.6 is 0 Å². The first-order valence-electron chi connectivity index (χ1n) is 7.76. The van der Waals surface area contributed by atoms with Crippen LogP contribution < -0.4 is 5.32 Å². The molecule has 0 saturated carbocycles. The first-order valence-corrected chi connectivity index (χ1v) is 7.76. The Morgan fingerprint density at radius 1 is 1.04 bits per heavy atom. The molecule has 0 aliphatic carbocycles. The van der Waals surface area contributed by atoms with E-state index in [9.17, 15) is 4.79 Å². The van der Waals surface area contributed by atoms with Crippen LogP contribution in [0.5, 0.6) is 0 Å². The topological polar surface area (TPSA) is 41.6 Å². The van der Waals surface area contributed by atoms with Gasteiger partial charge in [0.05, 0.1) is 6.61 Å². The number of hydrogen-bond acceptors (Lipinski definition) is 3. The molecule has 1 unspecified atom stereocenters. The van der Waals surface area contributed by atoms with Gasteiger partial charge in [-0.1, -0.05) is 60.7 Å². The van der Waals surface area contributed by atoms with Crippen LogP contribution in [0.1, 0.15) is 11.1 Å². The summed E-state index contributed by atoms with van der Waals surface area (Å²) in [5, 5.41) is 3.29. The van der Waals surface area contributed by atoms with Crippen molar-refractivity contribution < 1.29 is 9.53 Å². The molecule has 1 N–H and O–H groups in total. The zero-order valence-corrected chi connectivity index (χ0v) is 13.7. The molecule has 2 rings (SSSR count). The maximum absolute atomic E-state index is 12.6. The molecular formula is C19H24N2O2. The fraction of sp³-hybridized carbons (Fsp3) is 0.316. The predicted molar refractivity (Wildman–Crippen MR) is 91.9 cm³/mol. The lowest BCUT2D eigenvalue weighted by Gasteiger charge is -2.24. The zero-order valence-electron chi connectivity index (χ0n) is 13.7. The van der Waals surface area contributed by atoms with Gasteiger partial charge in [-0.3, -0.25) is 10.1 Å². The number of carbonyl (C=O) groups is 1. The largest absolute Gasteiger partial charge is 0.383 e. The minimum absolute atomic E-state index is 0.0339. The second kappa shape index (κ2) is 9.08. The van der Waals surface area contributed by atoms with E-state index in [2.05, 4.69) is 5.32 Å². The lowest BCUT2D eigenvalue weighted by Crippen LogP contribution is -2.47. The van der Waals surface area contributed by atoms with Crippen LogP contribution in [0.15, 0.2) is 60.7 Å². The number of amides is 1. The summed E-state index contributed by atoms with van der Waals surface area (Å²) >= 11 is 0. The molecule has 0 aliphatic heterocycles. The highest BCUT2D eigenvalue weighted by atomic mass is 16.5. The Morgan fingerprint density at radius 2 is 1.61 bits per heavy atom. The lowest BCUT2D eigenvalue weighted by molar-refractivity contribution is -0.134. The molecule has 0 radical (unpaired) electrons. The summed E-state index contributed by atoms with van der Waals surface area (Å²) in [6.07, 6.45) is 0. The van der Waals surface area contributed by atoms with Crippen molar-refractivity contribution in [2.24, 2.45) is 0 Å². The number of hydrogen-bond donors (Lipinski definition) is 1. The van der Waals surface area contributed by atoms with E-state index in [-0.39, 0.29) is 11.9 Å². The lowest BCUT2D eigenvalue weighted by atomic mass is 10.2. The molecule has 0 spiro atoms. The smallest absolute Gasteiger partial charge is 0.242 e. The highest BCUT2D eigenvalue weighted by Gasteiger charge is 2.21. The third kappa shape index (κ3) is 5.51. The Balaban J connectivity index is 1.94. The maximum atomic E-state index is 12.6. The van der Waals surface area contributed by atoms with Gasteiger partial charge < -0.3 is 9.64 Å². The van der Waals surface area contributed by atoms with E-state index in [0.717, 1.165) is 11.1 Å². The predicted octanol–water partition coefficient (Wildman–Crippen LogP) is 2.45. The summed E-state index contributed by atoms with van der Waals surface area (Å²) in [6.45, 7) is 1.58. The monoisotopic (exact) mass is 312 g/mol.